The number of hydrogen-bond donors (Lipinski definition) is 0. The van der Waals surface area contributed by atoms with E-state index in [0.29, 0.717) is 31.4 Å². The first-order valence-electron chi connectivity index (χ1n) is 11.5. The number of nitrogens with zero attached hydrogens (tertiary/aromatic N) is 1. The Labute approximate surface area is 173 Å². The first kappa shape index (κ1) is 20.6. The molecule has 160 valence electrons. The third-order valence-corrected chi connectivity index (χ3v) is 6.91. The van der Waals surface area contributed by atoms with Gasteiger partial charge in [-0.15, -0.1) is 0 Å². The molecule has 0 aromatic carbocycles. The van der Waals surface area contributed by atoms with Gasteiger partial charge in [0, 0.05) is 13.0 Å². The Balaban J connectivity index is 0.990. The summed E-state index contributed by atoms with van der Waals surface area (Å²) in [5.74, 6) is 0.550. The van der Waals surface area contributed by atoms with Gasteiger partial charge in [-0.05, 0) is 31.1 Å². The van der Waals surface area contributed by atoms with Crippen molar-refractivity contribution in [1.82, 2.24) is 4.90 Å². The second-order valence-corrected chi connectivity index (χ2v) is 9.04. The van der Waals surface area contributed by atoms with Crippen LogP contribution in [0.4, 0.5) is 0 Å². The molecule has 0 spiro atoms. The summed E-state index contributed by atoms with van der Waals surface area (Å²) in [4.78, 5) is 38.3. The maximum atomic E-state index is 12.6. The highest BCUT2D eigenvalue weighted by Gasteiger charge is 2.58. The molecule has 29 heavy (non-hydrogen) atoms. The van der Waals surface area contributed by atoms with Crippen LogP contribution in [0.15, 0.2) is 12.2 Å². The third kappa shape index (κ3) is 4.90. The summed E-state index contributed by atoms with van der Waals surface area (Å²) in [6.45, 7) is 1.72. The molecule has 6 heteroatoms. The van der Waals surface area contributed by atoms with Gasteiger partial charge in [0.05, 0.1) is 18.4 Å². The summed E-state index contributed by atoms with van der Waals surface area (Å²) in [6, 6.07) is 0. The molecular weight excluding hydrogens is 370 g/mol. The quantitative estimate of drug-likeness (QED) is 0.155. The van der Waals surface area contributed by atoms with Crippen molar-refractivity contribution in [2.75, 3.05) is 19.8 Å². The van der Waals surface area contributed by atoms with Gasteiger partial charge in [0.15, 0.2) is 0 Å². The van der Waals surface area contributed by atoms with E-state index in [-0.39, 0.29) is 35.7 Å². The number of allylic oxidation sites excluding steroid dienone is 2. The highest BCUT2D eigenvalue weighted by Crippen LogP contribution is 2.52. The van der Waals surface area contributed by atoms with E-state index in [4.69, 9.17) is 9.47 Å². The number of esters is 1. The molecule has 4 rings (SSSR count). The lowest BCUT2D eigenvalue weighted by Crippen LogP contribution is -2.33. The number of rotatable bonds is 13. The van der Waals surface area contributed by atoms with E-state index in [1.54, 1.807) is 4.90 Å². The maximum Gasteiger partial charge on any atom is 0.305 e. The molecule has 4 aliphatic rings. The highest BCUT2D eigenvalue weighted by molar-refractivity contribution is 6.06. The number of epoxide rings is 1. The van der Waals surface area contributed by atoms with Gasteiger partial charge in [-0.3, -0.25) is 19.3 Å². The van der Waals surface area contributed by atoms with Crippen molar-refractivity contribution in [3.63, 3.8) is 0 Å². The van der Waals surface area contributed by atoms with Crippen LogP contribution in [0.1, 0.15) is 64.2 Å². The number of carbonyl (C=O) groups is 3. The van der Waals surface area contributed by atoms with Gasteiger partial charge in [0.1, 0.15) is 12.7 Å². The molecule has 6 nitrogen and oxygen atoms in total. The average molecular weight is 404 g/mol. The number of hydrogen-bond acceptors (Lipinski definition) is 5. The van der Waals surface area contributed by atoms with Crippen LogP contribution < -0.4 is 0 Å². The number of fused-ring (bicyclic) bond motifs is 5. The molecule has 2 saturated heterocycles. The van der Waals surface area contributed by atoms with Crippen LogP contribution >= 0.6 is 0 Å². The van der Waals surface area contributed by atoms with E-state index in [1.165, 1.54) is 12.8 Å². The van der Waals surface area contributed by atoms with Crippen molar-refractivity contribution in [2.45, 2.75) is 70.3 Å². The second kappa shape index (κ2) is 9.41. The second-order valence-electron chi connectivity index (χ2n) is 9.04. The minimum absolute atomic E-state index is 0.0585. The van der Waals surface area contributed by atoms with Crippen molar-refractivity contribution >= 4 is 17.8 Å². The summed E-state index contributed by atoms with van der Waals surface area (Å²) in [5, 5.41) is 0. The minimum Gasteiger partial charge on any atom is -0.463 e. The van der Waals surface area contributed by atoms with Crippen LogP contribution in [-0.4, -0.2) is 48.5 Å². The monoisotopic (exact) mass is 403 g/mol. The van der Waals surface area contributed by atoms with Gasteiger partial charge < -0.3 is 9.47 Å². The van der Waals surface area contributed by atoms with Crippen molar-refractivity contribution in [3.8, 4) is 0 Å². The lowest BCUT2D eigenvalue weighted by atomic mass is 9.85. The lowest BCUT2D eigenvalue weighted by Gasteiger charge is -2.17. The number of likely N-dealkylation sites (tertiary alicyclic amines) is 1. The fraction of sp³-hybridized carbons (Fsp3) is 0.783. The van der Waals surface area contributed by atoms with Crippen LogP contribution in [0.3, 0.4) is 0 Å². The van der Waals surface area contributed by atoms with Gasteiger partial charge in [-0.2, -0.15) is 0 Å². The first-order valence-corrected chi connectivity index (χ1v) is 11.5. The fourth-order valence-electron chi connectivity index (χ4n) is 5.21. The third-order valence-electron chi connectivity index (χ3n) is 6.91. The predicted molar refractivity (Wildman–Crippen MR) is 107 cm³/mol. The van der Waals surface area contributed by atoms with Gasteiger partial charge in [-0.25, -0.2) is 0 Å². The predicted octanol–water partition coefficient (Wildman–Crippen LogP) is 3.25. The van der Waals surface area contributed by atoms with Gasteiger partial charge >= 0.3 is 5.97 Å². The molecule has 5 atom stereocenters. The molecule has 2 aliphatic heterocycles. The fourth-order valence-corrected chi connectivity index (χ4v) is 5.21. The molecular formula is C23H33NO5. The molecule has 1 saturated carbocycles. The average Bonchev–Trinajstić information content (AvgIpc) is 3.23. The summed E-state index contributed by atoms with van der Waals surface area (Å²) in [5.41, 5.74) is 0. The molecule has 5 unspecified atom stereocenters. The molecule has 3 fully saturated rings. The lowest BCUT2D eigenvalue weighted by molar-refractivity contribution is -0.144. The van der Waals surface area contributed by atoms with Crippen LogP contribution in [0.2, 0.25) is 0 Å². The number of amides is 2. The molecule has 0 aromatic rings. The van der Waals surface area contributed by atoms with Crippen molar-refractivity contribution in [3.05, 3.63) is 12.2 Å². The zero-order valence-electron chi connectivity index (χ0n) is 17.2. The standard InChI is InChI=1S/C23H33NO5/c25-19(29-15-18-14-28-18)9-7-5-3-1-2-4-6-8-12-24-22(26)20-16-10-11-17(13-16)21(20)23(24)27/h10-11,16-18,20-21H,1-9,12-15H2. The van der Waals surface area contributed by atoms with E-state index in [2.05, 4.69) is 12.2 Å². The Bertz CT molecular complexity index is 626. The van der Waals surface area contributed by atoms with Crippen molar-refractivity contribution in [1.29, 1.82) is 0 Å². The number of carbonyl (C=O) groups excluding carboxylic acids is 3. The summed E-state index contributed by atoms with van der Waals surface area (Å²) in [7, 11) is 0. The topological polar surface area (TPSA) is 76.2 Å². The molecule has 2 aliphatic carbocycles. The minimum atomic E-state index is -0.112. The molecule has 0 N–H and O–H groups in total. The largest absolute Gasteiger partial charge is 0.463 e. The highest BCUT2D eigenvalue weighted by atomic mass is 16.6. The van der Waals surface area contributed by atoms with Crippen LogP contribution in [0.25, 0.3) is 0 Å². The molecule has 0 radical (unpaired) electrons. The Morgan fingerprint density at radius 3 is 2.07 bits per heavy atom. The smallest absolute Gasteiger partial charge is 0.305 e. The van der Waals surface area contributed by atoms with Crippen LogP contribution in [-0.2, 0) is 23.9 Å². The summed E-state index contributed by atoms with van der Waals surface area (Å²) >= 11 is 0. The Kier molecular flexibility index (Phi) is 6.68. The Morgan fingerprint density at radius 1 is 0.931 bits per heavy atom. The first-order chi connectivity index (χ1) is 14.1. The van der Waals surface area contributed by atoms with Gasteiger partial charge in [0.2, 0.25) is 11.8 Å². The number of ether oxygens (including phenoxy) is 2. The van der Waals surface area contributed by atoms with E-state index in [1.807, 2.05) is 0 Å². The molecule has 2 heterocycles. The molecule has 2 amide bonds. The molecule has 0 aromatic heterocycles. The zero-order valence-corrected chi connectivity index (χ0v) is 17.2. The zero-order chi connectivity index (χ0) is 20.2. The van der Waals surface area contributed by atoms with E-state index in [0.717, 1.165) is 51.6 Å². The van der Waals surface area contributed by atoms with Crippen molar-refractivity contribution < 1.29 is 23.9 Å². The maximum absolute atomic E-state index is 12.6. The molecule has 2 bridgehead atoms. The van der Waals surface area contributed by atoms with Gasteiger partial charge in [0.25, 0.3) is 0 Å². The van der Waals surface area contributed by atoms with Crippen molar-refractivity contribution in [2.24, 2.45) is 23.7 Å². The van der Waals surface area contributed by atoms with E-state index < -0.39 is 0 Å². The van der Waals surface area contributed by atoms with E-state index >= 15 is 0 Å². The number of imide groups is 1. The Morgan fingerprint density at radius 2 is 1.48 bits per heavy atom. The Hall–Kier alpha value is -1.69. The number of unbranched alkanes of at least 4 members (excludes halogenated alkanes) is 7. The van der Waals surface area contributed by atoms with E-state index in [9.17, 15) is 14.4 Å². The summed E-state index contributed by atoms with van der Waals surface area (Å²) in [6.07, 6.45) is 14.5. The SMILES string of the molecule is O=C(CCCCCCCCCCN1C(=O)C2C3C=CC(C3)C2C1=O)OCC1CO1. The summed E-state index contributed by atoms with van der Waals surface area (Å²) < 4.78 is 10.1. The van der Waals surface area contributed by atoms with Crippen LogP contribution in [0.5, 0.6) is 0 Å². The van der Waals surface area contributed by atoms with Crippen LogP contribution in [0, 0.1) is 23.7 Å². The normalized spacial score (nSPS) is 31.6. The van der Waals surface area contributed by atoms with Gasteiger partial charge in [-0.1, -0.05) is 50.7 Å².